The molecule has 102 valence electrons. The molecule has 0 bridgehead atoms. The zero-order valence-corrected chi connectivity index (χ0v) is 11.7. The van der Waals surface area contributed by atoms with Crippen molar-refractivity contribution < 1.29 is 4.52 Å². The van der Waals surface area contributed by atoms with E-state index in [4.69, 9.17) is 4.52 Å². The molecule has 2 aromatic rings. The Labute approximate surface area is 113 Å². The van der Waals surface area contributed by atoms with Gasteiger partial charge >= 0.3 is 0 Å². The average molecular weight is 260 g/mol. The van der Waals surface area contributed by atoms with Crippen molar-refractivity contribution in [1.82, 2.24) is 20.4 Å². The molecule has 2 aromatic heterocycles. The minimum Gasteiger partial charge on any atom is -0.339 e. The van der Waals surface area contributed by atoms with Gasteiger partial charge in [-0.05, 0) is 24.6 Å². The number of aromatic nitrogens is 3. The Morgan fingerprint density at radius 1 is 1.37 bits per heavy atom. The summed E-state index contributed by atoms with van der Waals surface area (Å²) in [6.45, 7) is 8.03. The zero-order valence-electron chi connectivity index (χ0n) is 11.7. The van der Waals surface area contributed by atoms with Gasteiger partial charge < -0.3 is 9.84 Å². The summed E-state index contributed by atoms with van der Waals surface area (Å²) in [5, 5.41) is 7.36. The van der Waals surface area contributed by atoms with Gasteiger partial charge in [-0.1, -0.05) is 25.9 Å². The van der Waals surface area contributed by atoms with E-state index in [1.165, 1.54) is 0 Å². The van der Waals surface area contributed by atoms with E-state index in [2.05, 4.69) is 41.2 Å². The van der Waals surface area contributed by atoms with Gasteiger partial charge in [-0.2, -0.15) is 4.98 Å². The van der Waals surface area contributed by atoms with Crippen LogP contribution >= 0.6 is 0 Å². The Morgan fingerprint density at radius 3 is 2.95 bits per heavy atom. The van der Waals surface area contributed by atoms with E-state index in [1.807, 2.05) is 12.3 Å². The molecule has 0 saturated heterocycles. The topological polar surface area (TPSA) is 63.8 Å². The first-order valence-corrected chi connectivity index (χ1v) is 6.73. The van der Waals surface area contributed by atoms with Crippen LogP contribution < -0.4 is 5.32 Å². The number of nitrogens with zero attached hydrogens (tertiary/aromatic N) is 3. The fraction of sp³-hybridized carbons (Fsp3) is 0.500. The van der Waals surface area contributed by atoms with E-state index in [1.54, 1.807) is 6.20 Å². The van der Waals surface area contributed by atoms with Crippen molar-refractivity contribution in [2.24, 2.45) is 0 Å². The lowest BCUT2D eigenvalue weighted by atomic mass is 10.1. The van der Waals surface area contributed by atoms with Gasteiger partial charge in [0.2, 0.25) is 11.7 Å². The van der Waals surface area contributed by atoms with Crippen molar-refractivity contribution >= 4 is 0 Å². The Kier molecular flexibility index (Phi) is 4.63. The molecular weight excluding hydrogens is 240 g/mol. The molecule has 0 saturated carbocycles. The molecule has 1 N–H and O–H groups in total. The monoisotopic (exact) mass is 260 g/mol. The fourth-order valence-electron chi connectivity index (χ4n) is 1.92. The van der Waals surface area contributed by atoms with Crippen molar-refractivity contribution in [2.45, 2.75) is 33.1 Å². The lowest BCUT2D eigenvalue weighted by molar-refractivity contribution is 0.355. The van der Waals surface area contributed by atoms with Gasteiger partial charge in [0.15, 0.2) is 0 Å². The van der Waals surface area contributed by atoms with Crippen LogP contribution in [-0.4, -0.2) is 28.2 Å². The van der Waals surface area contributed by atoms with Gasteiger partial charge in [0.1, 0.15) is 0 Å². The molecule has 2 rings (SSSR count). The standard InChI is InChI=1S/C14H20N4O/c1-4-11-9-16-7-6-12(11)13-17-14(19-18-13)10(3)8-15-5-2/h6-7,9-10,15H,4-5,8H2,1-3H3. The molecule has 0 aliphatic rings. The highest BCUT2D eigenvalue weighted by Gasteiger charge is 2.16. The van der Waals surface area contributed by atoms with E-state index >= 15 is 0 Å². The average Bonchev–Trinajstić information content (AvgIpc) is 2.94. The summed E-state index contributed by atoms with van der Waals surface area (Å²) < 4.78 is 5.36. The Morgan fingerprint density at radius 2 is 2.21 bits per heavy atom. The SMILES string of the molecule is CCNCC(C)c1nc(-c2ccncc2CC)no1. The number of nitrogens with one attached hydrogen (secondary N) is 1. The molecule has 2 heterocycles. The Balaban J connectivity index is 2.20. The molecular formula is C14H20N4O. The van der Waals surface area contributed by atoms with Gasteiger partial charge in [-0.15, -0.1) is 0 Å². The van der Waals surface area contributed by atoms with Crippen LogP contribution in [0.3, 0.4) is 0 Å². The second-order valence-electron chi connectivity index (χ2n) is 4.55. The van der Waals surface area contributed by atoms with E-state index in [-0.39, 0.29) is 5.92 Å². The largest absolute Gasteiger partial charge is 0.339 e. The Hall–Kier alpha value is -1.75. The molecule has 5 nitrogen and oxygen atoms in total. The zero-order chi connectivity index (χ0) is 13.7. The van der Waals surface area contributed by atoms with Crippen LogP contribution in [0.4, 0.5) is 0 Å². The van der Waals surface area contributed by atoms with E-state index in [9.17, 15) is 0 Å². The highest BCUT2D eigenvalue weighted by Crippen LogP contribution is 2.22. The number of hydrogen-bond acceptors (Lipinski definition) is 5. The fourth-order valence-corrected chi connectivity index (χ4v) is 1.92. The number of likely N-dealkylation sites (N-methyl/N-ethyl adjacent to an activating group) is 1. The van der Waals surface area contributed by atoms with Gasteiger partial charge in [0.05, 0.1) is 0 Å². The maximum absolute atomic E-state index is 5.36. The summed E-state index contributed by atoms with van der Waals surface area (Å²) in [5.41, 5.74) is 2.14. The predicted molar refractivity (Wildman–Crippen MR) is 73.9 cm³/mol. The molecule has 0 aliphatic heterocycles. The first-order chi connectivity index (χ1) is 9.26. The van der Waals surface area contributed by atoms with Crippen LogP contribution in [0.15, 0.2) is 23.0 Å². The van der Waals surface area contributed by atoms with E-state index < -0.39 is 0 Å². The smallest absolute Gasteiger partial charge is 0.231 e. The van der Waals surface area contributed by atoms with Gasteiger partial charge in [0.25, 0.3) is 0 Å². The van der Waals surface area contributed by atoms with Gasteiger partial charge in [-0.25, -0.2) is 0 Å². The highest BCUT2D eigenvalue weighted by atomic mass is 16.5. The van der Waals surface area contributed by atoms with Crippen LogP contribution in [0.5, 0.6) is 0 Å². The van der Waals surface area contributed by atoms with Crippen molar-refractivity contribution in [3.8, 4) is 11.4 Å². The molecule has 0 spiro atoms. The van der Waals surface area contributed by atoms with Crippen LogP contribution in [-0.2, 0) is 6.42 Å². The summed E-state index contributed by atoms with van der Waals surface area (Å²) in [6.07, 6.45) is 4.51. The maximum Gasteiger partial charge on any atom is 0.231 e. The molecule has 0 aromatic carbocycles. The highest BCUT2D eigenvalue weighted by molar-refractivity contribution is 5.58. The molecule has 1 unspecified atom stereocenters. The number of rotatable bonds is 6. The molecule has 19 heavy (non-hydrogen) atoms. The third kappa shape index (κ3) is 3.17. The third-order valence-corrected chi connectivity index (χ3v) is 3.09. The summed E-state index contributed by atoms with van der Waals surface area (Å²) in [5.74, 6) is 1.54. The predicted octanol–water partition coefficient (Wildman–Crippen LogP) is 2.41. The lowest BCUT2D eigenvalue weighted by Crippen LogP contribution is -2.19. The van der Waals surface area contributed by atoms with Gasteiger partial charge in [0, 0.05) is 30.4 Å². The second kappa shape index (κ2) is 6.43. The third-order valence-electron chi connectivity index (χ3n) is 3.09. The molecule has 1 atom stereocenters. The minimum absolute atomic E-state index is 0.216. The van der Waals surface area contributed by atoms with Crippen LogP contribution in [0.2, 0.25) is 0 Å². The molecule has 0 radical (unpaired) electrons. The first kappa shape index (κ1) is 13.7. The quantitative estimate of drug-likeness (QED) is 0.864. The summed E-state index contributed by atoms with van der Waals surface area (Å²) >= 11 is 0. The lowest BCUT2D eigenvalue weighted by Gasteiger charge is -2.05. The Bertz CT molecular complexity index is 524. The van der Waals surface area contributed by atoms with Gasteiger partial charge in [-0.3, -0.25) is 4.98 Å². The van der Waals surface area contributed by atoms with E-state index in [0.29, 0.717) is 11.7 Å². The van der Waals surface area contributed by atoms with Crippen molar-refractivity contribution in [3.63, 3.8) is 0 Å². The van der Waals surface area contributed by atoms with Crippen molar-refractivity contribution in [3.05, 3.63) is 29.9 Å². The summed E-state index contributed by atoms with van der Waals surface area (Å²) in [4.78, 5) is 8.62. The van der Waals surface area contributed by atoms with Crippen LogP contribution in [0, 0.1) is 0 Å². The summed E-state index contributed by atoms with van der Waals surface area (Å²) in [6, 6.07) is 1.93. The minimum atomic E-state index is 0.216. The first-order valence-electron chi connectivity index (χ1n) is 6.73. The molecule has 0 amide bonds. The van der Waals surface area contributed by atoms with E-state index in [0.717, 1.165) is 30.6 Å². The summed E-state index contributed by atoms with van der Waals surface area (Å²) in [7, 11) is 0. The van der Waals surface area contributed by atoms with Crippen LogP contribution in [0.25, 0.3) is 11.4 Å². The molecule has 5 heteroatoms. The van der Waals surface area contributed by atoms with Crippen molar-refractivity contribution in [2.75, 3.05) is 13.1 Å². The number of hydrogen-bond donors (Lipinski definition) is 1. The molecule has 0 fully saturated rings. The van der Waals surface area contributed by atoms with Crippen LogP contribution in [0.1, 0.15) is 38.1 Å². The van der Waals surface area contributed by atoms with Crippen molar-refractivity contribution in [1.29, 1.82) is 0 Å². The number of aryl methyl sites for hydroxylation is 1. The normalized spacial score (nSPS) is 12.6. The molecule has 0 aliphatic carbocycles. The number of pyridine rings is 1. The second-order valence-corrected chi connectivity index (χ2v) is 4.55. The maximum atomic E-state index is 5.36.